The lowest BCUT2D eigenvalue weighted by molar-refractivity contribution is 0.492. The Kier molecular flexibility index (Phi) is 5.49. The fraction of sp³-hybridized carbons (Fsp3) is 0.588. The van der Waals surface area contributed by atoms with Crippen molar-refractivity contribution in [2.24, 2.45) is 5.73 Å². The van der Waals surface area contributed by atoms with Crippen LogP contribution in [0, 0.1) is 0 Å². The number of aromatic nitrogens is 2. The Morgan fingerprint density at radius 2 is 1.92 bits per heavy atom. The average molecular weight is 385 g/mol. The van der Waals surface area contributed by atoms with Gasteiger partial charge in [-0.1, -0.05) is 0 Å². The summed E-state index contributed by atoms with van der Waals surface area (Å²) in [7, 11) is -3.59. The van der Waals surface area contributed by atoms with Crippen molar-refractivity contribution in [1.29, 1.82) is 0 Å². The molecule has 0 bridgehead atoms. The molecule has 0 aromatic carbocycles. The van der Waals surface area contributed by atoms with Crippen LogP contribution in [0.5, 0.6) is 0 Å². The first-order valence-electron chi connectivity index (χ1n) is 8.30. The zero-order chi connectivity index (χ0) is 19.0. The van der Waals surface area contributed by atoms with E-state index in [-0.39, 0.29) is 0 Å². The Bertz CT molecular complexity index is 837. The lowest BCUT2D eigenvalue weighted by Gasteiger charge is -2.19. The Morgan fingerprint density at radius 3 is 2.44 bits per heavy atom. The van der Waals surface area contributed by atoms with E-state index >= 15 is 0 Å². The van der Waals surface area contributed by atoms with Gasteiger partial charge < -0.3 is 5.73 Å². The van der Waals surface area contributed by atoms with Crippen LogP contribution in [0.3, 0.4) is 0 Å². The number of nitrogens with one attached hydrogen (secondary N) is 1. The summed E-state index contributed by atoms with van der Waals surface area (Å²) in [5.74, 6) is 0. The van der Waals surface area contributed by atoms with Gasteiger partial charge >= 0.3 is 0 Å². The zero-order valence-electron chi connectivity index (χ0n) is 15.8. The monoisotopic (exact) mass is 384 g/mol. The molecule has 0 saturated heterocycles. The van der Waals surface area contributed by atoms with Gasteiger partial charge in [0.1, 0.15) is 4.21 Å². The Balaban J connectivity index is 2.57. The van der Waals surface area contributed by atoms with E-state index < -0.39 is 21.1 Å². The minimum Gasteiger partial charge on any atom is -0.325 e. The molecule has 2 aromatic rings. The Labute approximate surface area is 154 Å². The fourth-order valence-electron chi connectivity index (χ4n) is 2.57. The molecule has 8 heteroatoms. The standard InChI is InChI=1S/C17H28N4O2S2/c1-7-21-13(8-9-19-21)12-10-15(24-14(12)11-17(5,6)18)25(22,23)20-16(2,3)4/h8-10,20H,7,11,18H2,1-6H3. The first-order chi connectivity index (χ1) is 11.3. The second-order valence-electron chi connectivity index (χ2n) is 7.96. The summed E-state index contributed by atoms with van der Waals surface area (Å²) in [6.07, 6.45) is 2.32. The summed E-state index contributed by atoms with van der Waals surface area (Å²) in [6.45, 7) is 12.1. The number of sulfonamides is 1. The lowest BCUT2D eigenvalue weighted by Crippen LogP contribution is -2.40. The van der Waals surface area contributed by atoms with E-state index in [9.17, 15) is 8.42 Å². The number of hydrogen-bond donors (Lipinski definition) is 2. The van der Waals surface area contributed by atoms with Crippen LogP contribution in [0.2, 0.25) is 0 Å². The molecule has 2 rings (SSSR count). The number of rotatable bonds is 6. The fourth-order valence-corrected chi connectivity index (χ4v) is 5.75. The molecule has 2 heterocycles. The first-order valence-corrected chi connectivity index (χ1v) is 10.6. The van der Waals surface area contributed by atoms with Crippen LogP contribution in [-0.4, -0.2) is 29.3 Å². The molecule has 0 aliphatic heterocycles. The van der Waals surface area contributed by atoms with E-state index in [0.717, 1.165) is 16.1 Å². The largest absolute Gasteiger partial charge is 0.325 e. The molecular weight excluding hydrogens is 356 g/mol. The molecule has 0 amide bonds. The summed E-state index contributed by atoms with van der Waals surface area (Å²) in [6, 6.07) is 3.65. The number of hydrogen-bond acceptors (Lipinski definition) is 5. The van der Waals surface area contributed by atoms with E-state index in [2.05, 4.69) is 9.82 Å². The van der Waals surface area contributed by atoms with Crippen molar-refractivity contribution in [3.05, 3.63) is 23.2 Å². The highest BCUT2D eigenvalue weighted by atomic mass is 32.2. The van der Waals surface area contributed by atoms with Crippen LogP contribution in [0.25, 0.3) is 11.3 Å². The number of nitrogens with two attached hydrogens (primary N) is 1. The third kappa shape index (κ3) is 5.13. The second-order valence-corrected chi connectivity index (χ2v) is 11.0. The van der Waals surface area contributed by atoms with Crippen LogP contribution < -0.4 is 10.5 Å². The topological polar surface area (TPSA) is 90.0 Å². The maximum atomic E-state index is 12.7. The molecule has 6 nitrogen and oxygen atoms in total. The molecule has 25 heavy (non-hydrogen) atoms. The van der Waals surface area contributed by atoms with Gasteiger partial charge in [-0.25, -0.2) is 13.1 Å². The highest BCUT2D eigenvalue weighted by molar-refractivity contribution is 7.91. The summed E-state index contributed by atoms with van der Waals surface area (Å²) >= 11 is 1.28. The number of aryl methyl sites for hydroxylation is 1. The number of nitrogens with zero attached hydrogens (tertiary/aromatic N) is 2. The Hall–Kier alpha value is -1.22. The van der Waals surface area contributed by atoms with Crippen LogP contribution in [0.4, 0.5) is 0 Å². The quantitative estimate of drug-likeness (QED) is 0.801. The SMILES string of the molecule is CCn1nccc1-c1cc(S(=O)(=O)NC(C)(C)C)sc1CC(C)(C)N. The van der Waals surface area contributed by atoms with Crippen molar-refractivity contribution in [2.75, 3.05) is 0 Å². The minimum atomic E-state index is -3.59. The van der Waals surface area contributed by atoms with Gasteiger partial charge in [0.05, 0.1) is 5.69 Å². The highest BCUT2D eigenvalue weighted by Crippen LogP contribution is 2.36. The van der Waals surface area contributed by atoms with Gasteiger partial charge in [-0.3, -0.25) is 4.68 Å². The van der Waals surface area contributed by atoms with E-state index in [4.69, 9.17) is 5.73 Å². The molecule has 0 fully saturated rings. The van der Waals surface area contributed by atoms with Gasteiger partial charge in [0.15, 0.2) is 0 Å². The lowest BCUT2D eigenvalue weighted by atomic mass is 9.98. The maximum absolute atomic E-state index is 12.7. The van der Waals surface area contributed by atoms with Gasteiger partial charge in [-0.15, -0.1) is 11.3 Å². The summed E-state index contributed by atoms with van der Waals surface area (Å²) in [4.78, 5) is 0.956. The van der Waals surface area contributed by atoms with Crippen molar-refractivity contribution in [1.82, 2.24) is 14.5 Å². The molecule has 0 saturated carbocycles. The van der Waals surface area contributed by atoms with Gasteiger partial charge in [0.25, 0.3) is 10.0 Å². The maximum Gasteiger partial charge on any atom is 0.250 e. The summed E-state index contributed by atoms with van der Waals surface area (Å²) in [5, 5.41) is 4.30. The second kappa shape index (κ2) is 6.83. The first kappa shape index (κ1) is 20.1. The highest BCUT2D eigenvalue weighted by Gasteiger charge is 2.28. The normalized spacial score (nSPS) is 13.4. The smallest absolute Gasteiger partial charge is 0.250 e. The zero-order valence-corrected chi connectivity index (χ0v) is 17.4. The van der Waals surface area contributed by atoms with Crippen molar-refractivity contribution in [3.63, 3.8) is 0 Å². The van der Waals surface area contributed by atoms with Crippen LogP contribution in [-0.2, 0) is 23.0 Å². The van der Waals surface area contributed by atoms with Gasteiger partial charge in [-0.05, 0) is 60.1 Å². The van der Waals surface area contributed by atoms with E-state index in [0.29, 0.717) is 17.2 Å². The van der Waals surface area contributed by atoms with Crippen molar-refractivity contribution < 1.29 is 8.42 Å². The third-order valence-electron chi connectivity index (χ3n) is 3.40. The summed E-state index contributed by atoms with van der Waals surface area (Å²) in [5.41, 5.74) is 7.02. The Morgan fingerprint density at radius 1 is 1.28 bits per heavy atom. The predicted molar refractivity (Wildman–Crippen MR) is 103 cm³/mol. The molecule has 2 aromatic heterocycles. The molecule has 0 aliphatic rings. The molecule has 3 N–H and O–H groups in total. The van der Waals surface area contributed by atoms with Crippen molar-refractivity contribution >= 4 is 21.4 Å². The van der Waals surface area contributed by atoms with Crippen LogP contribution in [0.1, 0.15) is 46.4 Å². The molecule has 0 spiro atoms. The predicted octanol–water partition coefficient (Wildman–Crippen LogP) is 2.99. The molecule has 0 atom stereocenters. The van der Waals surface area contributed by atoms with Gasteiger partial charge in [-0.2, -0.15) is 5.10 Å². The molecular formula is C17H28N4O2S2. The van der Waals surface area contributed by atoms with Crippen LogP contribution in [0.15, 0.2) is 22.5 Å². The van der Waals surface area contributed by atoms with Crippen molar-refractivity contribution in [2.45, 2.75) is 69.8 Å². The molecule has 140 valence electrons. The van der Waals surface area contributed by atoms with Gasteiger partial charge in [0.2, 0.25) is 0 Å². The molecule has 0 radical (unpaired) electrons. The van der Waals surface area contributed by atoms with Crippen molar-refractivity contribution in [3.8, 4) is 11.3 Å². The number of thiophene rings is 1. The van der Waals surface area contributed by atoms with E-state index in [1.165, 1.54) is 11.3 Å². The van der Waals surface area contributed by atoms with E-state index in [1.807, 2.05) is 52.3 Å². The third-order valence-corrected chi connectivity index (χ3v) is 6.77. The molecule has 0 aliphatic carbocycles. The van der Waals surface area contributed by atoms with Crippen LogP contribution >= 0.6 is 11.3 Å². The van der Waals surface area contributed by atoms with Gasteiger partial charge in [0, 0.05) is 34.3 Å². The summed E-state index contributed by atoms with van der Waals surface area (Å²) < 4.78 is 30.4. The average Bonchev–Trinajstić information content (AvgIpc) is 2.99. The van der Waals surface area contributed by atoms with E-state index in [1.54, 1.807) is 12.3 Å². The minimum absolute atomic E-state index is 0.306. The molecule has 0 unspecified atom stereocenters.